The summed E-state index contributed by atoms with van der Waals surface area (Å²) in [7, 11) is -4.09. The van der Waals surface area contributed by atoms with E-state index in [0.717, 1.165) is 35.6 Å². The molecule has 0 saturated carbocycles. The second-order valence-corrected chi connectivity index (χ2v) is 10.1. The smallest absolute Gasteiger partial charge is 0.294 e. The van der Waals surface area contributed by atoms with E-state index in [1.165, 1.54) is 34.2 Å². The molecule has 3 N–H and O–H groups in total. The zero-order valence-corrected chi connectivity index (χ0v) is 20.4. The Balaban J connectivity index is 0.000000179. The van der Waals surface area contributed by atoms with Crippen molar-refractivity contribution in [2.45, 2.75) is 37.1 Å². The van der Waals surface area contributed by atoms with Gasteiger partial charge in [-0.2, -0.15) is 8.42 Å². The van der Waals surface area contributed by atoms with Gasteiger partial charge in [-0.15, -0.1) is 0 Å². The topological polar surface area (TPSA) is 93.5 Å². The number of fused-ring (bicyclic) bond motifs is 2. The van der Waals surface area contributed by atoms with Crippen molar-refractivity contribution in [3.05, 3.63) is 114 Å². The molecule has 0 aliphatic heterocycles. The van der Waals surface area contributed by atoms with E-state index in [4.69, 9.17) is 14.7 Å². The minimum atomic E-state index is -4.09. The molecule has 0 radical (unpaired) electrons. The summed E-state index contributed by atoms with van der Waals surface area (Å²) in [6.07, 6.45) is 4.70. The summed E-state index contributed by atoms with van der Waals surface area (Å²) in [6, 6.07) is 29.1. The molecule has 0 bridgehead atoms. The predicted octanol–water partition coefficient (Wildman–Crippen LogP) is 6.19. The summed E-state index contributed by atoms with van der Waals surface area (Å²) in [5.41, 5.74) is 10.8. The molecular weight excluding hydrogens is 458 g/mol. The molecule has 5 rings (SSSR count). The van der Waals surface area contributed by atoms with Crippen LogP contribution in [-0.2, 0) is 29.4 Å². The minimum Gasteiger partial charge on any atom is -0.464 e. The van der Waals surface area contributed by atoms with Gasteiger partial charge in [-0.05, 0) is 71.8 Å². The molecule has 0 spiro atoms. The Bertz CT molecular complexity index is 1520. The first-order chi connectivity index (χ1) is 16.8. The fourth-order valence-corrected chi connectivity index (χ4v) is 4.67. The maximum Gasteiger partial charge on any atom is 0.294 e. The van der Waals surface area contributed by atoms with E-state index in [-0.39, 0.29) is 10.9 Å². The summed E-state index contributed by atoms with van der Waals surface area (Å²) in [5, 5.41) is 2.96. The highest BCUT2D eigenvalue weighted by Crippen LogP contribution is 2.26. The average molecular weight is 488 g/mol. The van der Waals surface area contributed by atoms with Gasteiger partial charge >= 0.3 is 0 Å². The third-order valence-electron chi connectivity index (χ3n) is 5.88. The van der Waals surface area contributed by atoms with E-state index >= 15 is 0 Å². The number of nitrogens with two attached hydrogens (primary N) is 1. The molecule has 1 atom stereocenters. The Hall–Kier alpha value is -3.45. The van der Waals surface area contributed by atoms with Crippen molar-refractivity contribution in [1.82, 2.24) is 0 Å². The van der Waals surface area contributed by atoms with Crippen LogP contribution in [0.1, 0.15) is 23.6 Å². The number of hydrogen-bond acceptors (Lipinski definition) is 4. The Kier molecular flexibility index (Phi) is 7.66. The molecular formula is C29H29NO4S. The molecule has 1 heterocycles. The molecule has 0 saturated heterocycles. The fraction of sp³-hybridized carbons (Fsp3) is 0.172. The molecule has 1 unspecified atom stereocenters. The summed E-state index contributed by atoms with van der Waals surface area (Å²) < 4.78 is 36.2. The molecule has 5 nitrogen and oxygen atoms in total. The van der Waals surface area contributed by atoms with Crippen LogP contribution < -0.4 is 5.73 Å². The zero-order valence-electron chi connectivity index (χ0n) is 19.6. The summed E-state index contributed by atoms with van der Waals surface area (Å²) >= 11 is 0. The van der Waals surface area contributed by atoms with Crippen LogP contribution in [0, 0.1) is 0 Å². The molecule has 35 heavy (non-hydrogen) atoms. The molecule has 1 aromatic heterocycles. The van der Waals surface area contributed by atoms with Gasteiger partial charge in [0, 0.05) is 11.4 Å². The second kappa shape index (κ2) is 10.9. The van der Waals surface area contributed by atoms with E-state index in [2.05, 4.69) is 48.5 Å². The highest BCUT2D eigenvalue weighted by Gasteiger charge is 2.11. The van der Waals surface area contributed by atoms with Crippen LogP contribution in [0.5, 0.6) is 0 Å². The highest BCUT2D eigenvalue weighted by atomic mass is 32.2. The molecule has 4 aromatic carbocycles. The van der Waals surface area contributed by atoms with Crippen LogP contribution in [0.3, 0.4) is 0 Å². The van der Waals surface area contributed by atoms with Crippen molar-refractivity contribution in [2.75, 3.05) is 0 Å². The molecule has 5 aromatic rings. The number of hydrogen-bond donors (Lipinski definition) is 2. The molecule has 0 fully saturated rings. The Morgan fingerprint density at radius 2 is 1.51 bits per heavy atom. The average Bonchev–Trinajstić information content (AvgIpc) is 3.34. The van der Waals surface area contributed by atoms with Crippen LogP contribution in [-0.4, -0.2) is 19.0 Å². The van der Waals surface area contributed by atoms with Crippen molar-refractivity contribution in [1.29, 1.82) is 0 Å². The lowest BCUT2D eigenvalue weighted by atomic mass is 9.97. The normalized spacial score (nSPS) is 12.3. The molecule has 180 valence electrons. The van der Waals surface area contributed by atoms with Crippen LogP contribution in [0.4, 0.5) is 0 Å². The quantitative estimate of drug-likeness (QED) is 0.278. The lowest BCUT2D eigenvalue weighted by molar-refractivity contribution is 0.483. The maximum absolute atomic E-state index is 10.8. The first-order valence-electron chi connectivity index (χ1n) is 11.5. The monoisotopic (exact) mass is 487 g/mol. The number of rotatable bonds is 6. The molecule has 0 aliphatic carbocycles. The number of benzene rings is 4. The Labute approximate surface area is 206 Å². The second-order valence-electron chi connectivity index (χ2n) is 8.70. The van der Waals surface area contributed by atoms with Crippen LogP contribution in [0.25, 0.3) is 21.7 Å². The van der Waals surface area contributed by atoms with E-state index in [1.54, 1.807) is 18.4 Å². The van der Waals surface area contributed by atoms with E-state index in [9.17, 15) is 8.42 Å². The van der Waals surface area contributed by atoms with Gasteiger partial charge in [0.15, 0.2) is 0 Å². The first kappa shape index (κ1) is 24.7. The highest BCUT2D eigenvalue weighted by molar-refractivity contribution is 7.85. The van der Waals surface area contributed by atoms with Crippen LogP contribution >= 0.6 is 0 Å². The van der Waals surface area contributed by atoms with Gasteiger partial charge in [-0.25, -0.2) is 0 Å². The van der Waals surface area contributed by atoms with Crippen molar-refractivity contribution in [3.63, 3.8) is 0 Å². The first-order valence-corrected chi connectivity index (χ1v) is 13.0. The van der Waals surface area contributed by atoms with E-state index in [1.807, 2.05) is 25.1 Å². The van der Waals surface area contributed by atoms with Crippen molar-refractivity contribution >= 4 is 31.9 Å². The van der Waals surface area contributed by atoms with Crippen molar-refractivity contribution in [2.24, 2.45) is 5.73 Å². The summed E-state index contributed by atoms with van der Waals surface area (Å²) in [5.74, 6) is 0. The molecule has 6 heteroatoms. The third-order valence-corrected chi connectivity index (χ3v) is 6.72. The summed E-state index contributed by atoms with van der Waals surface area (Å²) in [4.78, 5) is -0.0730. The Morgan fingerprint density at radius 1 is 0.829 bits per heavy atom. The van der Waals surface area contributed by atoms with Gasteiger partial charge in [-0.1, -0.05) is 72.8 Å². The predicted molar refractivity (Wildman–Crippen MR) is 141 cm³/mol. The zero-order chi connectivity index (χ0) is 24.8. The van der Waals surface area contributed by atoms with E-state index < -0.39 is 10.1 Å². The van der Waals surface area contributed by atoms with Gasteiger partial charge in [0.25, 0.3) is 10.1 Å². The fourth-order valence-electron chi connectivity index (χ4n) is 4.15. The van der Waals surface area contributed by atoms with Gasteiger partial charge in [0.05, 0.1) is 11.2 Å². The maximum atomic E-state index is 10.8. The van der Waals surface area contributed by atoms with Gasteiger partial charge in [0.2, 0.25) is 0 Å². The molecule has 0 aliphatic rings. The minimum absolute atomic E-state index is 0.0730. The standard InChI is InChI=1S/C19H21NO.C10H8O3S/c1-14(20)13-17-10-9-16(18-11-12-21-19(17)18)8-7-15-5-3-2-4-6-15;11-14(12,13)10-6-5-8-3-1-2-4-9(8)7-10/h2-6,9-12,14H,7-8,13,20H2,1H3;1-7H,(H,11,12,13). The van der Waals surface area contributed by atoms with Gasteiger partial charge in [-0.3, -0.25) is 4.55 Å². The third kappa shape index (κ3) is 6.36. The van der Waals surface area contributed by atoms with E-state index in [0.29, 0.717) is 0 Å². The number of furan rings is 1. The summed E-state index contributed by atoms with van der Waals surface area (Å²) in [6.45, 7) is 2.03. The van der Waals surface area contributed by atoms with Crippen molar-refractivity contribution < 1.29 is 17.4 Å². The Morgan fingerprint density at radius 3 is 2.23 bits per heavy atom. The largest absolute Gasteiger partial charge is 0.464 e. The van der Waals surface area contributed by atoms with Crippen LogP contribution in [0.2, 0.25) is 0 Å². The van der Waals surface area contributed by atoms with Gasteiger partial charge < -0.3 is 10.2 Å². The lowest BCUT2D eigenvalue weighted by Crippen LogP contribution is -2.17. The molecule has 0 amide bonds. The number of aryl methyl sites for hydroxylation is 2. The van der Waals surface area contributed by atoms with Gasteiger partial charge in [0.1, 0.15) is 5.58 Å². The van der Waals surface area contributed by atoms with Crippen LogP contribution in [0.15, 0.2) is 107 Å². The lowest BCUT2D eigenvalue weighted by Gasteiger charge is -2.09. The van der Waals surface area contributed by atoms with Crippen molar-refractivity contribution in [3.8, 4) is 0 Å². The SMILES string of the molecule is CC(N)Cc1ccc(CCc2ccccc2)c2ccoc12.O=S(=O)(O)c1ccc2ccccc2c1.